The van der Waals surface area contributed by atoms with Crippen LogP contribution in [0.3, 0.4) is 0 Å². The summed E-state index contributed by atoms with van der Waals surface area (Å²) in [6.45, 7) is 4.11. The summed E-state index contributed by atoms with van der Waals surface area (Å²) >= 11 is 0. The second kappa shape index (κ2) is 6.05. The Hall–Kier alpha value is -1.56. The Balaban J connectivity index is 1.89. The minimum atomic E-state index is -0.718. The van der Waals surface area contributed by atoms with Gasteiger partial charge >= 0.3 is 0 Å². The van der Waals surface area contributed by atoms with E-state index in [0.717, 1.165) is 37.1 Å². The molecule has 2 rings (SSSR count). The minimum absolute atomic E-state index is 0.0278. The lowest BCUT2D eigenvalue weighted by Crippen LogP contribution is -2.43. The van der Waals surface area contributed by atoms with E-state index in [-0.39, 0.29) is 12.5 Å². The Bertz CT molecular complexity index is 518. The van der Waals surface area contributed by atoms with Gasteiger partial charge in [0.2, 0.25) is 0 Å². The van der Waals surface area contributed by atoms with Crippen molar-refractivity contribution >= 4 is 5.91 Å². The summed E-state index contributed by atoms with van der Waals surface area (Å²) < 4.78 is 7.35. The molecule has 0 bridgehead atoms. The van der Waals surface area contributed by atoms with Gasteiger partial charge < -0.3 is 14.7 Å². The summed E-state index contributed by atoms with van der Waals surface area (Å²) in [5.41, 5.74) is 0.960. The van der Waals surface area contributed by atoms with Gasteiger partial charge in [-0.25, -0.2) is 0 Å². The van der Waals surface area contributed by atoms with Crippen molar-refractivity contribution in [3.8, 4) is 5.75 Å². The first-order chi connectivity index (χ1) is 9.82. The van der Waals surface area contributed by atoms with Gasteiger partial charge in [-0.1, -0.05) is 12.8 Å². The van der Waals surface area contributed by atoms with Crippen molar-refractivity contribution < 1.29 is 14.6 Å². The fraction of sp³-hybridized carbons (Fsp3) is 0.733. The maximum Gasteiger partial charge on any atom is 0.260 e. The third-order valence-corrected chi connectivity index (χ3v) is 4.27. The number of aliphatic hydroxyl groups is 1. The van der Waals surface area contributed by atoms with E-state index in [1.54, 1.807) is 16.6 Å². The first-order valence-corrected chi connectivity index (χ1v) is 7.42. The van der Waals surface area contributed by atoms with Crippen molar-refractivity contribution in [2.24, 2.45) is 7.05 Å². The maximum absolute atomic E-state index is 12.1. The standard InChI is InChI=1S/C15H25N3O3/c1-11-14(12(2)18(4)16-11)21-9-13(19)17(3)10-15(20)7-5-6-8-15/h20H,5-10H2,1-4H3. The van der Waals surface area contributed by atoms with Crippen molar-refractivity contribution in [2.75, 3.05) is 20.2 Å². The molecule has 0 unspecified atom stereocenters. The fourth-order valence-corrected chi connectivity index (χ4v) is 2.93. The van der Waals surface area contributed by atoms with Crippen LogP contribution < -0.4 is 4.74 Å². The van der Waals surface area contributed by atoms with Crippen molar-refractivity contribution in [1.29, 1.82) is 0 Å². The lowest BCUT2D eigenvalue weighted by Gasteiger charge is -2.28. The number of carbonyl (C=O) groups excluding carboxylic acids is 1. The van der Waals surface area contributed by atoms with Crippen LogP contribution in [-0.4, -0.2) is 51.5 Å². The number of hydrogen-bond donors (Lipinski definition) is 1. The molecule has 6 heteroatoms. The van der Waals surface area contributed by atoms with Crippen LogP contribution in [-0.2, 0) is 11.8 Å². The highest BCUT2D eigenvalue weighted by atomic mass is 16.5. The van der Waals surface area contributed by atoms with Crippen molar-refractivity contribution in [1.82, 2.24) is 14.7 Å². The zero-order chi connectivity index (χ0) is 15.6. The smallest absolute Gasteiger partial charge is 0.260 e. The number of nitrogens with zero attached hydrogens (tertiary/aromatic N) is 3. The Morgan fingerprint density at radius 3 is 2.57 bits per heavy atom. The quantitative estimate of drug-likeness (QED) is 0.885. The topological polar surface area (TPSA) is 67.6 Å². The van der Waals surface area contributed by atoms with Crippen LogP contribution in [0.4, 0.5) is 0 Å². The third kappa shape index (κ3) is 3.56. The Kier molecular flexibility index (Phi) is 4.56. The van der Waals surface area contributed by atoms with E-state index >= 15 is 0 Å². The molecular weight excluding hydrogens is 270 g/mol. The van der Waals surface area contributed by atoms with Crippen LogP contribution in [0.5, 0.6) is 5.75 Å². The molecule has 1 N–H and O–H groups in total. The molecule has 21 heavy (non-hydrogen) atoms. The van der Waals surface area contributed by atoms with E-state index in [2.05, 4.69) is 5.10 Å². The van der Waals surface area contributed by atoms with Crippen molar-refractivity contribution in [2.45, 2.75) is 45.1 Å². The SMILES string of the molecule is Cc1nn(C)c(C)c1OCC(=O)N(C)CC1(O)CCCC1. The number of rotatable bonds is 5. The van der Waals surface area contributed by atoms with Gasteiger partial charge in [-0.3, -0.25) is 9.48 Å². The predicted molar refractivity (Wildman–Crippen MR) is 79.2 cm³/mol. The Morgan fingerprint density at radius 2 is 2.05 bits per heavy atom. The predicted octanol–water partition coefficient (Wildman–Crippen LogP) is 1.18. The number of aromatic nitrogens is 2. The molecule has 1 fully saturated rings. The van der Waals surface area contributed by atoms with Gasteiger partial charge in [-0.2, -0.15) is 5.10 Å². The van der Waals surface area contributed by atoms with E-state index in [1.165, 1.54) is 0 Å². The van der Waals surface area contributed by atoms with Crippen LogP contribution in [0.15, 0.2) is 0 Å². The van der Waals surface area contributed by atoms with E-state index < -0.39 is 5.60 Å². The molecule has 0 atom stereocenters. The summed E-state index contributed by atoms with van der Waals surface area (Å²) in [5.74, 6) is 0.539. The molecule has 1 aliphatic carbocycles. The lowest BCUT2D eigenvalue weighted by atomic mass is 10.0. The third-order valence-electron chi connectivity index (χ3n) is 4.27. The van der Waals surface area contributed by atoms with Crippen LogP contribution in [0.2, 0.25) is 0 Å². The molecule has 1 saturated carbocycles. The molecule has 0 aromatic carbocycles. The molecule has 1 amide bonds. The molecule has 118 valence electrons. The number of carbonyl (C=O) groups is 1. The van der Waals surface area contributed by atoms with E-state index in [4.69, 9.17) is 4.74 Å². The monoisotopic (exact) mass is 295 g/mol. The highest BCUT2D eigenvalue weighted by Gasteiger charge is 2.33. The maximum atomic E-state index is 12.1. The molecule has 0 radical (unpaired) electrons. The molecule has 0 saturated heterocycles. The summed E-state index contributed by atoms with van der Waals surface area (Å²) in [6.07, 6.45) is 3.60. The molecule has 0 aliphatic heterocycles. The zero-order valence-corrected chi connectivity index (χ0v) is 13.3. The second-order valence-corrected chi connectivity index (χ2v) is 6.09. The second-order valence-electron chi connectivity index (χ2n) is 6.09. The van der Waals surface area contributed by atoms with Crippen LogP contribution in [0, 0.1) is 13.8 Å². The first kappa shape index (κ1) is 15.8. The van der Waals surface area contributed by atoms with Crippen LogP contribution >= 0.6 is 0 Å². The summed E-state index contributed by atoms with van der Waals surface area (Å²) in [4.78, 5) is 13.7. The Morgan fingerprint density at radius 1 is 1.43 bits per heavy atom. The highest BCUT2D eigenvalue weighted by molar-refractivity contribution is 5.77. The van der Waals surface area contributed by atoms with E-state index in [1.807, 2.05) is 20.9 Å². The number of amides is 1. The van der Waals surface area contributed by atoms with Gasteiger partial charge in [0.25, 0.3) is 5.91 Å². The average molecular weight is 295 g/mol. The normalized spacial score (nSPS) is 17.0. The van der Waals surface area contributed by atoms with Crippen molar-refractivity contribution in [3.05, 3.63) is 11.4 Å². The van der Waals surface area contributed by atoms with Crippen molar-refractivity contribution in [3.63, 3.8) is 0 Å². The van der Waals surface area contributed by atoms with Gasteiger partial charge in [0, 0.05) is 20.6 Å². The number of likely N-dealkylation sites (N-methyl/N-ethyl adjacent to an activating group) is 1. The number of ether oxygens (including phenoxy) is 1. The number of aryl methyl sites for hydroxylation is 2. The number of hydrogen-bond acceptors (Lipinski definition) is 4. The lowest BCUT2D eigenvalue weighted by molar-refractivity contribution is -0.135. The van der Waals surface area contributed by atoms with Crippen LogP contribution in [0.25, 0.3) is 0 Å². The molecule has 6 nitrogen and oxygen atoms in total. The van der Waals surface area contributed by atoms with E-state index in [9.17, 15) is 9.90 Å². The average Bonchev–Trinajstić information content (AvgIpc) is 2.93. The molecular formula is C15H25N3O3. The molecule has 1 heterocycles. The molecule has 1 aliphatic rings. The van der Waals surface area contributed by atoms with Gasteiger partial charge in [-0.15, -0.1) is 0 Å². The zero-order valence-electron chi connectivity index (χ0n) is 13.3. The molecule has 0 spiro atoms. The fourth-order valence-electron chi connectivity index (χ4n) is 2.93. The summed E-state index contributed by atoms with van der Waals surface area (Å²) in [6, 6.07) is 0. The molecule has 1 aromatic rings. The Labute approximate surface area is 125 Å². The largest absolute Gasteiger partial charge is 0.480 e. The minimum Gasteiger partial charge on any atom is -0.480 e. The van der Waals surface area contributed by atoms with E-state index in [0.29, 0.717) is 12.3 Å². The first-order valence-electron chi connectivity index (χ1n) is 7.42. The van der Waals surface area contributed by atoms with Gasteiger partial charge in [-0.05, 0) is 26.7 Å². The van der Waals surface area contributed by atoms with Gasteiger partial charge in [0.15, 0.2) is 12.4 Å². The molecule has 1 aromatic heterocycles. The highest BCUT2D eigenvalue weighted by Crippen LogP contribution is 2.30. The van der Waals surface area contributed by atoms with Gasteiger partial charge in [0.1, 0.15) is 5.69 Å². The van der Waals surface area contributed by atoms with Gasteiger partial charge in [0.05, 0.1) is 11.3 Å². The van der Waals surface area contributed by atoms with Crippen LogP contribution in [0.1, 0.15) is 37.1 Å². The summed E-state index contributed by atoms with van der Waals surface area (Å²) in [7, 11) is 3.56. The summed E-state index contributed by atoms with van der Waals surface area (Å²) in [5, 5.41) is 14.6.